The zero-order valence-corrected chi connectivity index (χ0v) is 19.6. The van der Waals surface area contributed by atoms with Crippen molar-refractivity contribution in [3.05, 3.63) is 67.6 Å². The summed E-state index contributed by atoms with van der Waals surface area (Å²) in [5.41, 5.74) is -0.535. The van der Waals surface area contributed by atoms with Crippen molar-refractivity contribution >= 4 is 43.7 Å². The number of rotatable bonds is 5. The molecule has 0 fully saturated rings. The van der Waals surface area contributed by atoms with E-state index in [1.807, 2.05) is 0 Å². The zero-order chi connectivity index (χ0) is 22.0. The van der Waals surface area contributed by atoms with Crippen molar-refractivity contribution in [3.63, 3.8) is 0 Å². The van der Waals surface area contributed by atoms with Crippen LogP contribution in [0, 0.1) is 6.92 Å². The normalized spacial score (nSPS) is 11.9. The van der Waals surface area contributed by atoms with Crippen LogP contribution in [0.2, 0.25) is 0 Å². The van der Waals surface area contributed by atoms with Gasteiger partial charge in [-0.2, -0.15) is 8.78 Å². The van der Waals surface area contributed by atoms with Crippen LogP contribution >= 0.6 is 31.9 Å². The first-order valence-corrected chi connectivity index (χ1v) is 10.3. The Morgan fingerprint density at radius 2 is 1.52 bits per heavy atom. The minimum absolute atomic E-state index is 0.00401. The van der Waals surface area contributed by atoms with Crippen molar-refractivity contribution < 1.29 is 23.1 Å². The van der Waals surface area contributed by atoms with Crippen LogP contribution in [0.3, 0.4) is 0 Å². The van der Waals surface area contributed by atoms with Crippen LogP contribution in [0.15, 0.2) is 45.3 Å². The molecule has 2 aromatic carbocycles. The molecule has 156 valence electrons. The third kappa shape index (κ3) is 6.60. The molecule has 0 aliphatic carbocycles. The van der Waals surface area contributed by atoms with Crippen molar-refractivity contribution in [2.45, 2.75) is 39.2 Å². The number of ether oxygens (including phenoxy) is 1. The molecule has 0 unspecified atom stereocenters. The van der Waals surface area contributed by atoms with Gasteiger partial charge in [0.2, 0.25) is 0 Å². The minimum atomic E-state index is -3.32. The first-order chi connectivity index (χ1) is 13.3. The molecule has 0 heterocycles. The van der Waals surface area contributed by atoms with Crippen LogP contribution in [0.5, 0.6) is 0 Å². The molecule has 0 saturated heterocycles. The number of benzene rings is 2. The predicted octanol–water partition coefficient (Wildman–Crippen LogP) is 5.73. The van der Waals surface area contributed by atoms with Crippen LogP contribution in [0.25, 0.3) is 0 Å². The maximum absolute atomic E-state index is 15.1. The Balaban J connectivity index is 2.27. The lowest BCUT2D eigenvalue weighted by Crippen LogP contribution is -2.34. The standard InChI is InChI=1S/C21H21Br2F2NO3/c1-12-5-14(9-16(22)6-12)21(24,25)15-7-13(8-17(23)10-15)19(28)26-11-18(27)29-20(2,3)4/h5-10H,11H2,1-4H3,(H,26,28). The molecule has 1 N–H and O–H groups in total. The number of nitrogens with one attached hydrogen (secondary N) is 1. The summed E-state index contributed by atoms with van der Waals surface area (Å²) in [5.74, 6) is -4.59. The smallest absolute Gasteiger partial charge is 0.325 e. The average molecular weight is 533 g/mol. The van der Waals surface area contributed by atoms with Gasteiger partial charge in [-0.3, -0.25) is 9.59 Å². The molecule has 0 aromatic heterocycles. The van der Waals surface area contributed by atoms with Gasteiger partial charge in [0.1, 0.15) is 12.1 Å². The maximum atomic E-state index is 15.1. The topological polar surface area (TPSA) is 55.4 Å². The molecule has 0 atom stereocenters. The van der Waals surface area contributed by atoms with Gasteiger partial charge < -0.3 is 10.1 Å². The van der Waals surface area contributed by atoms with Crippen molar-refractivity contribution in [3.8, 4) is 0 Å². The molecule has 2 rings (SSSR count). The van der Waals surface area contributed by atoms with Crippen molar-refractivity contribution in [2.75, 3.05) is 6.54 Å². The van der Waals surface area contributed by atoms with Gasteiger partial charge in [0, 0.05) is 25.6 Å². The Kier molecular flexibility index (Phi) is 7.22. The van der Waals surface area contributed by atoms with Gasteiger partial charge in [-0.05, 0) is 69.7 Å². The van der Waals surface area contributed by atoms with E-state index in [9.17, 15) is 9.59 Å². The fourth-order valence-electron chi connectivity index (χ4n) is 2.62. The Hall–Kier alpha value is -1.80. The summed E-state index contributed by atoms with van der Waals surface area (Å²) < 4.78 is 36.2. The van der Waals surface area contributed by atoms with Gasteiger partial charge in [0.25, 0.3) is 11.8 Å². The van der Waals surface area contributed by atoms with E-state index in [2.05, 4.69) is 37.2 Å². The number of aryl methyl sites for hydroxylation is 1. The second-order valence-electron chi connectivity index (χ2n) is 7.59. The van der Waals surface area contributed by atoms with Crippen LogP contribution in [-0.2, 0) is 15.5 Å². The Morgan fingerprint density at radius 3 is 2.07 bits per heavy atom. The number of carbonyl (C=O) groups is 2. The quantitative estimate of drug-likeness (QED) is 0.500. The first-order valence-electron chi connectivity index (χ1n) is 8.74. The van der Waals surface area contributed by atoms with Gasteiger partial charge in [-0.15, -0.1) is 0 Å². The fourth-order valence-corrected chi connectivity index (χ4v) is 3.72. The highest BCUT2D eigenvalue weighted by atomic mass is 79.9. The lowest BCUT2D eigenvalue weighted by atomic mass is 9.97. The molecule has 0 spiro atoms. The van der Waals surface area contributed by atoms with E-state index < -0.39 is 23.4 Å². The van der Waals surface area contributed by atoms with Gasteiger partial charge in [-0.25, -0.2) is 0 Å². The highest BCUT2D eigenvalue weighted by molar-refractivity contribution is 9.10. The number of hydrogen-bond donors (Lipinski definition) is 1. The van der Waals surface area contributed by atoms with Gasteiger partial charge in [-0.1, -0.05) is 31.9 Å². The molecule has 0 aliphatic rings. The molecule has 0 bridgehead atoms. The molecular weight excluding hydrogens is 512 g/mol. The number of halogens is 4. The van der Waals surface area contributed by atoms with E-state index in [1.54, 1.807) is 33.8 Å². The lowest BCUT2D eigenvalue weighted by molar-refractivity contribution is -0.153. The third-order valence-corrected chi connectivity index (χ3v) is 4.66. The molecule has 4 nitrogen and oxygen atoms in total. The van der Waals surface area contributed by atoms with E-state index >= 15 is 8.78 Å². The Labute approximate surface area is 185 Å². The molecule has 0 aliphatic heterocycles. The molecule has 0 saturated carbocycles. The second kappa shape index (κ2) is 8.92. The summed E-state index contributed by atoms with van der Waals surface area (Å²) in [5, 5.41) is 2.40. The number of alkyl halides is 2. The molecule has 0 radical (unpaired) electrons. The number of hydrogen-bond acceptors (Lipinski definition) is 3. The second-order valence-corrected chi connectivity index (χ2v) is 9.42. The Morgan fingerprint density at radius 1 is 0.966 bits per heavy atom. The predicted molar refractivity (Wildman–Crippen MR) is 114 cm³/mol. The van der Waals surface area contributed by atoms with Gasteiger partial charge in [0.05, 0.1) is 0 Å². The average Bonchev–Trinajstić information content (AvgIpc) is 2.56. The van der Waals surface area contributed by atoms with Crippen LogP contribution in [0.4, 0.5) is 8.78 Å². The number of esters is 1. The summed E-state index contributed by atoms with van der Waals surface area (Å²) in [6.45, 7) is 6.48. The van der Waals surface area contributed by atoms with E-state index in [0.717, 1.165) is 6.07 Å². The summed E-state index contributed by atoms with van der Waals surface area (Å²) in [4.78, 5) is 24.2. The fraction of sp³-hybridized carbons (Fsp3) is 0.333. The monoisotopic (exact) mass is 531 g/mol. The number of carbonyl (C=O) groups excluding carboxylic acids is 2. The SMILES string of the molecule is Cc1cc(Br)cc(C(F)(F)c2cc(Br)cc(C(=O)NCC(=O)OC(C)(C)C)c2)c1. The van der Waals surface area contributed by atoms with Crippen molar-refractivity contribution in [2.24, 2.45) is 0 Å². The largest absolute Gasteiger partial charge is 0.459 e. The van der Waals surface area contributed by atoms with Crippen molar-refractivity contribution in [1.82, 2.24) is 5.32 Å². The first kappa shape index (κ1) is 23.5. The summed E-state index contributed by atoms with van der Waals surface area (Å²) >= 11 is 6.42. The highest BCUT2D eigenvalue weighted by Crippen LogP contribution is 2.38. The van der Waals surface area contributed by atoms with E-state index in [-0.39, 0.29) is 23.2 Å². The van der Waals surface area contributed by atoms with Crippen LogP contribution < -0.4 is 5.32 Å². The Bertz CT molecular complexity index is 920. The molecule has 8 heteroatoms. The molecular formula is C21H21Br2F2NO3. The van der Waals surface area contributed by atoms with Gasteiger partial charge in [0.15, 0.2) is 0 Å². The minimum Gasteiger partial charge on any atom is -0.459 e. The van der Waals surface area contributed by atoms with E-state index in [1.165, 1.54) is 24.3 Å². The van der Waals surface area contributed by atoms with Gasteiger partial charge >= 0.3 is 5.97 Å². The third-order valence-electron chi connectivity index (χ3n) is 3.74. The van der Waals surface area contributed by atoms with Crippen molar-refractivity contribution in [1.29, 1.82) is 0 Å². The zero-order valence-electron chi connectivity index (χ0n) is 16.4. The van der Waals surface area contributed by atoms with Crippen LogP contribution in [-0.4, -0.2) is 24.0 Å². The molecule has 2 aromatic rings. The van der Waals surface area contributed by atoms with E-state index in [0.29, 0.717) is 14.5 Å². The highest BCUT2D eigenvalue weighted by Gasteiger charge is 2.35. The van der Waals surface area contributed by atoms with E-state index in [4.69, 9.17) is 4.74 Å². The van der Waals surface area contributed by atoms with Crippen LogP contribution in [0.1, 0.15) is 47.8 Å². The molecule has 29 heavy (non-hydrogen) atoms. The summed E-state index contributed by atoms with van der Waals surface area (Å²) in [6.07, 6.45) is 0. The number of amides is 1. The molecule has 1 amide bonds. The summed E-state index contributed by atoms with van der Waals surface area (Å²) in [7, 11) is 0. The maximum Gasteiger partial charge on any atom is 0.325 e. The summed E-state index contributed by atoms with van der Waals surface area (Å²) in [6, 6.07) is 8.27. The lowest BCUT2D eigenvalue weighted by Gasteiger charge is -2.20.